The molecule has 2 aromatic carbocycles. The molecule has 0 saturated carbocycles. The molecule has 0 radical (unpaired) electrons. The monoisotopic (exact) mass is 269 g/mol. The van der Waals surface area contributed by atoms with Crippen LogP contribution in [0.3, 0.4) is 0 Å². The predicted molar refractivity (Wildman–Crippen MR) is 84.0 cm³/mol. The third-order valence-electron chi connectivity index (χ3n) is 3.46. The van der Waals surface area contributed by atoms with Crippen LogP contribution in [0.25, 0.3) is 0 Å². The molecule has 20 heavy (non-hydrogen) atoms. The van der Waals surface area contributed by atoms with Crippen LogP contribution in [0.1, 0.15) is 24.5 Å². The zero-order chi connectivity index (χ0) is 14.2. The molecule has 2 nitrogen and oxygen atoms in total. The van der Waals surface area contributed by atoms with E-state index < -0.39 is 0 Å². The Labute approximate surface area is 121 Å². The zero-order valence-corrected chi connectivity index (χ0v) is 12.0. The Hall–Kier alpha value is -1.80. The average Bonchev–Trinajstić information content (AvgIpc) is 2.46. The van der Waals surface area contributed by atoms with Crippen molar-refractivity contribution in [1.82, 2.24) is 5.32 Å². The van der Waals surface area contributed by atoms with Gasteiger partial charge in [0.2, 0.25) is 0 Å². The molecule has 2 aromatic rings. The summed E-state index contributed by atoms with van der Waals surface area (Å²) in [6.07, 6.45) is 3.23. The van der Waals surface area contributed by atoms with Crippen molar-refractivity contribution >= 4 is 0 Å². The van der Waals surface area contributed by atoms with E-state index >= 15 is 0 Å². The van der Waals surface area contributed by atoms with Gasteiger partial charge in [0.15, 0.2) is 0 Å². The van der Waals surface area contributed by atoms with Crippen molar-refractivity contribution in [3.05, 3.63) is 65.7 Å². The molecule has 0 bridgehead atoms. The first-order valence-electron chi connectivity index (χ1n) is 7.29. The Kier molecular flexibility index (Phi) is 5.63. The summed E-state index contributed by atoms with van der Waals surface area (Å²) >= 11 is 0. The van der Waals surface area contributed by atoms with Gasteiger partial charge in [-0.1, -0.05) is 42.5 Å². The third-order valence-corrected chi connectivity index (χ3v) is 3.46. The normalized spacial score (nSPS) is 12.2. The highest BCUT2D eigenvalue weighted by Gasteiger charge is 2.02. The van der Waals surface area contributed by atoms with Crippen molar-refractivity contribution in [3.8, 4) is 5.75 Å². The number of hydrogen-bond donors (Lipinski definition) is 2. The van der Waals surface area contributed by atoms with Crippen molar-refractivity contribution in [1.29, 1.82) is 0 Å². The summed E-state index contributed by atoms with van der Waals surface area (Å²) in [5.74, 6) is 0.336. The van der Waals surface area contributed by atoms with Crippen molar-refractivity contribution in [2.45, 2.75) is 32.2 Å². The van der Waals surface area contributed by atoms with Crippen LogP contribution in [0.5, 0.6) is 5.75 Å². The number of phenols is 1. The van der Waals surface area contributed by atoms with Gasteiger partial charge >= 0.3 is 0 Å². The second-order valence-electron chi connectivity index (χ2n) is 5.31. The lowest BCUT2D eigenvalue weighted by Gasteiger charge is -2.13. The zero-order valence-electron chi connectivity index (χ0n) is 12.0. The summed E-state index contributed by atoms with van der Waals surface area (Å²) in [6.45, 7) is 3.25. The molecular weight excluding hydrogens is 246 g/mol. The second-order valence-corrected chi connectivity index (χ2v) is 5.31. The summed E-state index contributed by atoms with van der Waals surface area (Å²) in [7, 11) is 0. The minimum absolute atomic E-state index is 0.336. The lowest BCUT2D eigenvalue weighted by Crippen LogP contribution is -2.29. The first-order valence-corrected chi connectivity index (χ1v) is 7.29. The van der Waals surface area contributed by atoms with Crippen LogP contribution < -0.4 is 5.32 Å². The minimum atomic E-state index is 0.336. The molecule has 0 heterocycles. The predicted octanol–water partition coefficient (Wildman–Crippen LogP) is 3.55. The van der Waals surface area contributed by atoms with Gasteiger partial charge < -0.3 is 10.4 Å². The SMILES string of the molecule is CC(Cc1ccccc1)NCCCc1ccc(O)cc1. The first-order chi connectivity index (χ1) is 9.74. The number of aromatic hydroxyl groups is 1. The average molecular weight is 269 g/mol. The third kappa shape index (κ3) is 5.06. The fourth-order valence-corrected chi connectivity index (χ4v) is 2.34. The van der Waals surface area contributed by atoms with E-state index in [0.717, 1.165) is 25.8 Å². The molecule has 0 aliphatic carbocycles. The van der Waals surface area contributed by atoms with Gasteiger partial charge in [-0.2, -0.15) is 0 Å². The Balaban J connectivity index is 1.64. The van der Waals surface area contributed by atoms with Crippen LogP contribution in [0.2, 0.25) is 0 Å². The van der Waals surface area contributed by atoms with Gasteiger partial charge in [0.05, 0.1) is 0 Å². The van der Waals surface area contributed by atoms with Crippen LogP contribution in [0.15, 0.2) is 54.6 Å². The lowest BCUT2D eigenvalue weighted by molar-refractivity contribution is 0.475. The summed E-state index contributed by atoms with van der Waals surface area (Å²) in [5.41, 5.74) is 2.66. The van der Waals surface area contributed by atoms with Gasteiger partial charge in [-0.3, -0.25) is 0 Å². The fourth-order valence-electron chi connectivity index (χ4n) is 2.34. The highest BCUT2D eigenvalue weighted by Crippen LogP contribution is 2.11. The number of phenolic OH excluding ortho intramolecular Hbond substituents is 1. The Morgan fingerprint density at radius 3 is 2.35 bits per heavy atom. The van der Waals surface area contributed by atoms with Gasteiger partial charge in [-0.05, 0) is 56.0 Å². The van der Waals surface area contributed by atoms with E-state index in [1.807, 2.05) is 12.1 Å². The summed E-state index contributed by atoms with van der Waals surface area (Å²) in [6, 6.07) is 18.6. The molecule has 0 aromatic heterocycles. The standard InChI is InChI=1S/C18H23NO/c1-15(14-17-6-3-2-4-7-17)19-13-5-8-16-9-11-18(20)12-10-16/h2-4,6-7,9-12,15,19-20H,5,8,13-14H2,1H3. The number of hydrogen-bond acceptors (Lipinski definition) is 2. The molecule has 0 aliphatic rings. The van der Waals surface area contributed by atoms with E-state index in [-0.39, 0.29) is 0 Å². The van der Waals surface area contributed by atoms with Crippen LogP contribution in [0, 0.1) is 0 Å². The van der Waals surface area contributed by atoms with E-state index in [4.69, 9.17) is 0 Å². The largest absolute Gasteiger partial charge is 0.508 e. The molecule has 0 amide bonds. The minimum Gasteiger partial charge on any atom is -0.508 e. The molecule has 0 fully saturated rings. The molecule has 1 atom stereocenters. The maximum Gasteiger partial charge on any atom is 0.115 e. The number of aryl methyl sites for hydroxylation is 1. The molecule has 2 rings (SSSR count). The summed E-state index contributed by atoms with van der Waals surface area (Å²) < 4.78 is 0. The number of nitrogens with one attached hydrogen (secondary N) is 1. The highest BCUT2D eigenvalue weighted by atomic mass is 16.3. The van der Waals surface area contributed by atoms with Gasteiger partial charge in [0.1, 0.15) is 5.75 Å². The molecule has 0 spiro atoms. The molecular formula is C18H23NO. The molecule has 106 valence electrons. The summed E-state index contributed by atoms with van der Waals surface area (Å²) in [4.78, 5) is 0. The maximum absolute atomic E-state index is 9.23. The highest BCUT2D eigenvalue weighted by molar-refractivity contribution is 5.25. The van der Waals surface area contributed by atoms with E-state index in [9.17, 15) is 5.11 Å². The Morgan fingerprint density at radius 1 is 0.950 bits per heavy atom. The molecule has 2 N–H and O–H groups in total. The van der Waals surface area contributed by atoms with E-state index in [1.54, 1.807) is 12.1 Å². The molecule has 1 unspecified atom stereocenters. The first kappa shape index (κ1) is 14.6. The molecule has 2 heteroatoms. The van der Waals surface area contributed by atoms with Crippen molar-refractivity contribution in [2.24, 2.45) is 0 Å². The summed E-state index contributed by atoms with van der Waals surface area (Å²) in [5, 5.41) is 12.8. The van der Waals surface area contributed by atoms with Gasteiger partial charge in [-0.25, -0.2) is 0 Å². The van der Waals surface area contributed by atoms with Gasteiger partial charge in [0.25, 0.3) is 0 Å². The van der Waals surface area contributed by atoms with E-state index in [0.29, 0.717) is 11.8 Å². The number of benzene rings is 2. The van der Waals surface area contributed by atoms with Crippen LogP contribution in [-0.2, 0) is 12.8 Å². The van der Waals surface area contributed by atoms with E-state index in [2.05, 4.69) is 42.6 Å². The topological polar surface area (TPSA) is 32.3 Å². The smallest absolute Gasteiger partial charge is 0.115 e. The molecule has 0 aliphatic heterocycles. The van der Waals surface area contributed by atoms with Crippen LogP contribution in [0.4, 0.5) is 0 Å². The maximum atomic E-state index is 9.23. The molecule has 0 saturated heterocycles. The number of rotatable bonds is 7. The van der Waals surface area contributed by atoms with Gasteiger partial charge in [-0.15, -0.1) is 0 Å². The lowest BCUT2D eigenvalue weighted by atomic mass is 10.1. The van der Waals surface area contributed by atoms with Crippen molar-refractivity contribution in [3.63, 3.8) is 0 Å². The quantitative estimate of drug-likeness (QED) is 0.753. The second kappa shape index (κ2) is 7.71. The Morgan fingerprint density at radius 2 is 1.65 bits per heavy atom. The van der Waals surface area contributed by atoms with Crippen molar-refractivity contribution in [2.75, 3.05) is 6.54 Å². The van der Waals surface area contributed by atoms with Crippen molar-refractivity contribution < 1.29 is 5.11 Å². The van der Waals surface area contributed by atoms with Crippen LogP contribution >= 0.6 is 0 Å². The fraction of sp³-hybridized carbons (Fsp3) is 0.333. The van der Waals surface area contributed by atoms with E-state index in [1.165, 1.54) is 11.1 Å². The van der Waals surface area contributed by atoms with Gasteiger partial charge in [0, 0.05) is 6.04 Å². The Bertz CT molecular complexity index is 493. The van der Waals surface area contributed by atoms with Crippen LogP contribution in [-0.4, -0.2) is 17.7 Å².